The first-order valence-electron chi connectivity index (χ1n) is 7.74. The molecule has 1 aromatic rings. The van der Waals surface area contributed by atoms with Crippen LogP contribution in [-0.2, 0) is 6.54 Å². The average molecular weight is 274 g/mol. The van der Waals surface area contributed by atoms with Crippen LogP contribution in [0.1, 0.15) is 31.2 Å². The lowest BCUT2D eigenvalue weighted by Crippen LogP contribution is -2.38. The van der Waals surface area contributed by atoms with Crippen molar-refractivity contribution < 1.29 is 9.47 Å². The van der Waals surface area contributed by atoms with E-state index in [1.807, 2.05) is 6.07 Å². The summed E-state index contributed by atoms with van der Waals surface area (Å²) in [5.41, 5.74) is 1.33. The number of nitrogens with one attached hydrogen (secondary N) is 1. The molecule has 1 aliphatic carbocycles. The van der Waals surface area contributed by atoms with Crippen molar-refractivity contribution >= 4 is 0 Å². The van der Waals surface area contributed by atoms with Crippen LogP contribution in [0.4, 0.5) is 0 Å². The van der Waals surface area contributed by atoms with Gasteiger partial charge in [0.1, 0.15) is 0 Å². The molecule has 0 amide bonds. The second-order valence-electron chi connectivity index (χ2n) is 6.14. The lowest BCUT2D eigenvalue weighted by molar-refractivity contribution is 0.174. The van der Waals surface area contributed by atoms with Gasteiger partial charge in [-0.25, -0.2) is 0 Å². The van der Waals surface area contributed by atoms with Crippen LogP contribution in [0.3, 0.4) is 0 Å². The Balaban J connectivity index is 1.44. The number of rotatable bonds is 5. The first kappa shape index (κ1) is 12.5. The molecule has 4 rings (SSSR count). The van der Waals surface area contributed by atoms with Gasteiger partial charge in [0.2, 0.25) is 6.79 Å². The predicted octanol–water partition coefficient (Wildman–Crippen LogP) is 2.13. The largest absolute Gasteiger partial charge is 0.454 e. The molecule has 0 spiro atoms. The topological polar surface area (TPSA) is 33.7 Å². The van der Waals surface area contributed by atoms with Crippen molar-refractivity contribution in [3.63, 3.8) is 0 Å². The highest BCUT2D eigenvalue weighted by molar-refractivity contribution is 5.44. The molecule has 1 saturated heterocycles. The minimum absolute atomic E-state index is 0.358. The molecule has 2 heterocycles. The Morgan fingerprint density at radius 3 is 2.85 bits per heavy atom. The van der Waals surface area contributed by atoms with Crippen LogP contribution in [0.2, 0.25) is 0 Å². The van der Waals surface area contributed by atoms with Crippen LogP contribution in [0.5, 0.6) is 11.5 Å². The summed E-state index contributed by atoms with van der Waals surface area (Å²) in [6, 6.07) is 7.83. The quantitative estimate of drug-likeness (QED) is 0.892. The maximum atomic E-state index is 5.48. The highest BCUT2D eigenvalue weighted by atomic mass is 16.7. The molecular weight excluding hydrogens is 252 g/mol. The zero-order chi connectivity index (χ0) is 13.4. The second-order valence-corrected chi connectivity index (χ2v) is 6.14. The molecule has 2 fully saturated rings. The number of hydrogen-bond acceptors (Lipinski definition) is 4. The molecule has 0 bridgehead atoms. The van der Waals surface area contributed by atoms with Crippen molar-refractivity contribution in [1.82, 2.24) is 10.2 Å². The van der Waals surface area contributed by atoms with Crippen molar-refractivity contribution in [2.75, 3.05) is 19.9 Å². The smallest absolute Gasteiger partial charge is 0.231 e. The Hall–Kier alpha value is -1.26. The van der Waals surface area contributed by atoms with E-state index in [0.29, 0.717) is 12.8 Å². The third-order valence-electron chi connectivity index (χ3n) is 4.50. The Morgan fingerprint density at radius 1 is 1.15 bits per heavy atom. The van der Waals surface area contributed by atoms with Gasteiger partial charge < -0.3 is 14.8 Å². The van der Waals surface area contributed by atoms with Crippen LogP contribution >= 0.6 is 0 Å². The third kappa shape index (κ3) is 2.63. The van der Waals surface area contributed by atoms with Crippen molar-refractivity contribution in [2.45, 2.75) is 44.3 Å². The fraction of sp³-hybridized carbons (Fsp3) is 0.625. The normalized spacial score (nSPS) is 24.6. The van der Waals surface area contributed by atoms with Crippen molar-refractivity contribution in [3.05, 3.63) is 23.8 Å². The fourth-order valence-corrected chi connectivity index (χ4v) is 3.25. The van der Waals surface area contributed by atoms with Crippen molar-refractivity contribution in [2.24, 2.45) is 0 Å². The van der Waals surface area contributed by atoms with Crippen LogP contribution in [0.15, 0.2) is 18.2 Å². The van der Waals surface area contributed by atoms with Gasteiger partial charge in [0.25, 0.3) is 0 Å². The van der Waals surface area contributed by atoms with E-state index in [1.165, 1.54) is 44.3 Å². The van der Waals surface area contributed by atoms with Gasteiger partial charge in [-0.1, -0.05) is 6.07 Å². The Labute approximate surface area is 120 Å². The molecule has 1 atom stereocenters. The van der Waals surface area contributed by atoms with Gasteiger partial charge in [0.15, 0.2) is 11.5 Å². The van der Waals surface area contributed by atoms with Gasteiger partial charge in [-0.2, -0.15) is 0 Å². The third-order valence-corrected chi connectivity index (χ3v) is 4.50. The van der Waals surface area contributed by atoms with Gasteiger partial charge in [-0.15, -0.1) is 0 Å². The van der Waals surface area contributed by atoms with E-state index in [0.717, 1.165) is 24.1 Å². The molecule has 4 nitrogen and oxygen atoms in total. The molecule has 4 heteroatoms. The van der Waals surface area contributed by atoms with E-state index < -0.39 is 0 Å². The maximum absolute atomic E-state index is 5.48. The minimum Gasteiger partial charge on any atom is -0.454 e. The van der Waals surface area contributed by atoms with E-state index >= 15 is 0 Å². The van der Waals surface area contributed by atoms with Gasteiger partial charge in [0, 0.05) is 25.2 Å². The van der Waals surface area contributed by atoms with Gasteiger partial charge in [0.05, 0.1) is 0 Å². The molecule has 1 aromatic carbocycles. The van der Waals surface area contributed by atoms with Crippen LogP contribution in [0.25, 0.3) is 0 Å². The Morgan fingerprint density at radius 2 is 2.05 bits per heavy atom. The van der Waals surface area contributed by atoms with Crippen molar-refractivity contribution in [1.29, 1.82) is 0 Å². The lowest BCUT2D eigenvalue weighted by atomic mass is 10.1. The summed E-state index contributed by atoms with van der Waals surface area (Å²) in [6.07, 6.45) is 5.37. The summed E-state index contributed by atoms with van der Waals surface area (Å²) >= 11 is 0. The fourth-order valence-electron chi connectivity index (χ4n) is 3.25. The number of nitrogens with zero attached hydrogens (tertiary/aromatic N) is 1. The van der Waals surface area contributed by atoms with E-state index in [2.05, 4.69) is 22.3 Å². The number of fused-ring (bicyclic) bond motifs is 1. The molecule has 1 saturated carbocycles. The average Bonchev–Trinajstić information content (AvgIpc) is 2.99. The highest BCUT2D eigenvalue weighted by Crippen LogP contribution is 2.34. The Bertz CT molecular complexity index is 481. The second kappa shape index (κ2) is 5.26. The molecule has 3 aliphatic rings. The van der Waals surface area contributed by atoms with E-state index in [9.17, 15) is 0 Å². The summed E-state index contributed by atoms with van der Waals surface area (Å²) in [7, 11) is 0. The van der Waals surface area contributed by atoms with Crippen molar-refractivity contribution in [3.8, 4) is 11.5 Å². The molecular formula is C16H22N2O2. The molecule has 0 radical (unpaired) electrons. The monoisotopic (exact) mass is 274 g/mol. The summed E-state index contributed by atoms with van der Waals surface area (Å²) in [5, 5.41) is 3.61. The number of ether oxygens (including phenoxy) is 2. The molecule has 20 heavy (non-hydrogen) atoms. The minimum atomic E-state index is 0.358. The van der Waals surface area contributed by atoms with Gasteiger partial charge >= 0.3 is 0 Å². The SMILES string of the molecule is c1cc2c(cc1CN(CC1CCCN1)C1CC1)OCO2. The summed E-state index contributed by atoms with van der Waals surface area (Å²) < 4.78 is 10.9. The molecule has 0 aromatic heterocycles. The van der Waals surface area contributed by atoms with Crippen LogP contribution in [-0.4, -0.2) is 36.9 Å². The number of hydrogen-bond donors (Lipinski definition) is 1. The zero-order valence-corrected chi connectivity index (χ0v) is 11.8. The summed E-state index contributed by atoms with van der Waals surface area (Å²) in [4.78, 5) is 2.64. The highest BCUT2D eigenvalue weighted by Gasteiger charge is 2.31. The summed E-state index contributed by atoms with van der Waals surface area (Å²) in [5.74, 6) is 1.78. The first-order valence-corrected chi connectivity index (χ1v) is 7.74. The molecule has 1 unspecified atom stereocenters. The van der Waals surface area contributed by atoms with Gasteiger partial charge in [-0.3, -0.25) is 4.90 Å². The predicted molar refractivity (Wildman–Crippen MR) is 77.0 cm³/mol. The van der Waals surface area contributed by atoms with E-state index in [1.54, 1.807) is 0 Å². The molecule has 1 N–H and O–H groups in total. The zero-order valence-electron chi connectivity index (χ0n) is 11.8. The first-order chi connectivity index (χ1) is 9.88. The lowest BCUT2D eigenvalue weighted by Gasteiger charge is -2.25. The van der Waals surface area contributed by atoms with E-state index in [-0.39, 0.29) is 0 Å². The van der Waals surface area contributed by atoms with Gasteiger partial charge in [-0.05, 0) is 49.9 Å². The maximum Gasteiger partial charge on any atom is 0.231 e. The van der Waals surface area contributed by atoms with Crippen LogP contribution < -0.4 is 14.8 Å². The standard InChI is InChI=1S/C16H22N2O2/c1-2-13(17-7-1)10-18(14-4-5-14)9-12-3-6-15-16(8-12)20-11-19-15/h3,6,8,13-14,17H,1-2,4-5,7,9-11H2. The number of benzene rings is 1. The summed E-state index contributed by atoms with van der Waals surface area (Å²) in [6.45, 7) is 3.75. The molecule has 108 valence electrons. The Kier molecular flexibility index (Phi) is 3.28. The van der Waals surface area contributed by atoms with E-state index in [4.69, 9.17) is 9.47 Å². The van der Waals surface area contributed by atoms with Crippen LogP contribution in [0, 0.1) is 0 Å². The molecule has 2 aliphatic heterocycles.